The van der Waals surface area contributed by atoms with E-state index in [-0.39, 0.29) is 36.9 Å². The highest BCUT2D eigenvalue weighted by Gasteiger charge is 2.34. The summed E-state index contributed by atoms with van der Waals surface area (Å²) >= 11 is 0.879. The first-order valence-electron chi connectivity index (χ1n) is 10.2. The van der Waals surface area contributed by atoms with Crippen LogP contribution in [0, 0.1) is 0 Å². The third kappa shape index (κ3) is 5.03. The van der Waals surface area contributed by atoms with Crippen molar-refractivity contribution >= 4 is 41.0 Å². The highest BCUT2D eigenvalue weighted by molar-refractivity contribution is 8.18. The van der Waals surface area contributed by atoms with Gasteiger partial charge in [-0.1, -0.05) is 37.3 Å². The number of hydrogen-bond donors (Lipinski definition) is 1. The SMILES string of the molecule is CCc1ccc(/C=C/C(=O)NCCN2C(=O)S/C(=C\c3ccc4c(c3)OCO4)C2=O)cc1. The Labute approximate surface area is 190 Å². The van der Waals surface area contributed by atoms with Gasteiger partial charge < -0.3 is 14.8 Å². The summed E-state index contributed by atoms with van der Waals surface area (Å²) in [7, 11) is 0. The molecule has 0 radical (unpaired) electrons. The van der Waals surface area contributed by atoms with E-state index in [0.29, 0.717) is 16.4 Å². The number of aryl methyl sites for hydroxylation is 1. The van der Waals surface area contributed by atoms with Crippen LogP contribution in [0.2, 0.25) is 0 Å². The second-order valence-corrected chi connectivity index (χ2v) is 8.16. The Morgan fingerprint density at radius 1 is 1.09 bits per heavy atom. The fourth-order valence-corrected chi connectivity index (χ4v) is 4.10. The molecule has 0 atom stereocenters. The van der Waals surface area contributed by atoms with Crippen molar-refractivity contribution in [2.24, 2.45) is 0 Å². The molecule has 7 nitrogen and oxygen atoms in total. The van der Waals surface area contributed by atoms with Crippen LogP contribution >= 0.6 is 11.8 Å². The zero-order valence-corrected chi connectivity index (χ0v) is 18.3. The number of ether oxygens (including phenoxy) is 2. The average molecular weight is 451 g/mol. The van der Waals surface area contributed by atoms with Crippen LogP contribution < -0.4 is 14.8 Å². The molecule has 0 saturated carbocycles. The largest absolute Gasteiger partial charge is 0.454 e. The standard InChI is InChI=1S/C24H22N2O5S/c1-2-16-3-5-17(6-4-16)8-10-22(27)25-11-12-26-23(28)21(32-24(26)29)14-18-7-9-19-20(13-18)31-15-30-19/h3-10,13-14H,2,11-12,15H2,1H3,(H,25,27)/b10-8+,21-14-. The summed E-state index contributed by atoms with van der Waals surface area (Å²) in [5, 5.41) is 2.35. The van der Waals surface area contributed by atoms with Gasteiger partial charge in [-0.3, -0.25) is 19.3 Å². The summed E-state index contributed by atoms with van der Waals surface area (Å²) in [5.41, 5.74) is 2.90. The number of benzene rings is 2. The molecule has 3 amide bonds. The first-order chi connectivity index (χ1) is 15.5. The van der Waals surface area contributed by atoms with Crippen LogP contribution in [0.1, 0.15) is 23.6 Å². The second-order valence-electron chi connectivity index (χ2n) is 7.17. The van der Waals surface area contributed by atoms with E-state index in [1.54, 1.807) is 30.4 Å². The number of amides is 3. The van der Waals surface area contributed by atoms with Gasteiger partial charge in [0, 0.05) is 19.2 Å². The number of thioether (sulfide) groups is 1. The number of carbonyl (C=O) groups excluding carboxylic acids is 3. The second kappa shape index (κ2) is 9.74. The fourth-order valence-electron chi connectivity index (χ4n) is 3.23. The predicted octanol–water partition coefficient (Wildman–Crippen LogP) is 3.84. The van der Waals surface area contributed by atoms with Crippen LogP contribution in [0.25, 0.3) is 12.2 Å². The van der Waals surface area contributed by atoms with Crippen LogP contribution in [0.5, 0.6) is 11.5 Å². The summed E-state index contributed by atoms with van der Waals surface area (Å²) in [4.78, 5) is 38.4. The predicted molar refractivity (Wildman–Crippen MR) is 123 cm³/mol. The number of carbonyl (C=O) groups is 3. The molecule has 0 spiro atoms. The number of nitrogens with one attached hydrogen (secondary N) is 1. The van der Waals surface area contributed by atoms with Crippen molar-refractivity contribution in [2.45, 2.75) is 13.3 Å². The van der Waals surface area contributed by atoms with Gasteiger partial charge in [-0.05, 0) is 59.2 Å². The normalized spacial score (nSPS) is 16.4. The van der Waals surface area contributed by atoms with Crippen LogP contribution in [0.3, 0.4) is 0 Å². The molecule has 2 heterocycles. The van der Waals surface area contributed by atoms with Crippen LogP contribution in [-0.4, -0.2) is 41.8 Å². The van der Waals surface area contributed by atoms with E-state index in [2.05, 4.69) is 12.2 Å². The Bertz CT molecular complexity index is 1110. The average Bonchev–Trinajstić information content (AvgIpc) is 3.37. The minimum absolute atomic E-state index is 0.105. The molecule has 0 aromatic heterocycles. The van der Waals surface area contributed by atoms with Crippen molar-refractivity contribution in [3.8, 4) is 11.5 Å². The van der Waals surface area contributed by atoms with Crippen LogP contribution in [0.4, 0.5) is 4.79 Å². The zero-order valence-electron chi connectivity index (χ0n) is 17.5. The highest BCUT2D eigenvalue weighted by atomic mass is 32.2. The highest BCUT2D eigenvalue weighted by Crippen LogP contribution is 2.36. The van der Waals surface area contributed by atoms with Gasteiger partial charge in [-0.25, -0.2) is 0 Å². The molecule has 1 N–H and O–H groups in total. The molecule has 0 bridgehead atoms. The molecule has 164 valence electrons. The van der Waals surface area contributed by atoms with E-state index in [4.69, 9.17) is 9.47 Å². The molecule has 2 aliphatic rings. The van der Waals surface area contributed by atoms with Gasteiger partial charge in [0.05, 0.1) is 4.91 Å². The van der Waals surface area contributed by atoms with Crippen molar-refractivity contribution in [3.63, 3.8) is 0 Å². The summed E-state index contributed by atoms with van der Waals surface area (Å²) in [6.07, 6.45) is 5.78. The summed E-state index contributed by atoms with van der Waals surface area (Å²) in [6, 6.07) is 13.3. The Morgan fingerprint density at radius 3 is 2.62 bits per heavy atom. The molecule has 2 aliphatic heterocycles. The molecule has 2 aromatic carbocycles. The Hall–Kier alpha value is -3.52. The van der Waals surface area contributed by atoms with Crippen molar-refractivity contribution in [2.75, 3.05) is 19.9 Å². The lowest BCUT2D eigenvalue weighted by Gasteiger charge is -2.12. The van der Waals surface area contributed by atoms with E-state index < -0.39 is 0 Å². The Morgan fingerprint density at radius 2 is 1.84 bits per heavy atom. The molecule has 1 saturated heterocycles. The van der Waals surface area contributed by atoms with Gasteiger partial charge in [0.1, 0.15) is 0 Å². The topological polar surface area (TPSA) is 84.9 Å². The smallest absolute Gasteiger partial charge is 0.293 e. The minimum Gasteiger partial charge on any atom is -0.454 e. The van der Waals surface area contributed by atoms with Gasteiger partial charge in [0.15, 0.2) is 11.5 Å². The molecule has 4 rings (SSSR count). The van der Waals surface area contributed by atoms with Gasteiger partial charge in [-0.2, -0.15) is 0 Å². The quantitative estimate of drug-likeness (QED) is 0.645. The monoisotopic (exact) mass is 450 g/mol. The maximum Gasteiger partial charge on any atom is 0.293 e. The van der Waals surface area contributed by atoms with E-state index >= 15 is 0 Å². The minimum atomic E-state index is -0.376. The van der Waals surface area contributed by atoms with Gasteiger partial charge in [-0.15, -0.1) is 0 Å². The van der Waals surface area contributed by atoms with E-state index in [0.717, 1.165) is 34.2 Å². The first-order valence-corrected chi connectivity index (χ1v) is 11.0. The Kier molecular flexibility index (Phi) is 6.61. The number of rotatable bonds is 7. The molecule has 0 aliphatic carbocycles. The van der Waals surface area contributed by atoms with Crippen molar-refractivity contribution < 1.29 is 23.9 Å². The molecular weight excluding hydrogens is 428 g/mol. The molecule has 2 aromatic rings. The lowest BCUT2D eigenvalue weighted by atomic mass is 10.1. The first kappa shape index (κ1) is 21.7. The summed E-state index contributed by atoms with van der Waals surface area (Å²) in [5.74, 6) is 0.596. The van der Waals surface area contributed by atoms with Crippen LogP contribution in [-0.2, 0) is 16.0 Å². The zero-order chi connectivity index (χ0) is 22.5. The van der Waals surface area contributed by atoms with Gasteiger partial charge in [0.25, 0.3) is 11.1 Å². The maximum absolute atomic E-state index is 12.6. The van der Waals surface area contributed by atoms with Gasteiger partial charge in [0.2, 0.25) is 12.7 Å². The molecule has 1 fully saturated rings. The van der Waals surface area contributed by atoms with E-state index in [1.807, 2.05) is 24.3 Å². The fraction of sp³-hybridized carbons (Fsp3) is 0.208. The molecule has 8 heteroatoms. The lowest BCUT2D eigenvalue weighted by Crippen LogP contribution is -2.36. The lowest BCUT2D eigenvalue weighted by molar-refractivity contribution is -0.123. The van der Waals surface area contributed by atoms with E-state index in [1.165, 1.54) is 11.6 Å². The number of hydrogen-bond acceptors (Lipinski definition) is 6. The van der Waals surface area contributed by atoms with Crippen molar-refractivity contribution in [1.29, 1.82) is 0 Å². The number of imide groups is 1. The number of nitrogens with zero attached hydrogens (tertiary/aromatic N) is 1. The number of fused-ring (bicyclic) bond motifs is 1. The van der Waals surface area contributed by atoms with E-state index in [9.17, 15) is 14.4 Å². The van der Waals surface area contributed by atoms with Crippen molar-refractivity contribution in [1.82, 2.24) is 10.2 Å². The molecular formula is C24H22N2O5S. The molecule has 0 unspecified atom stereocenters. The summed E-state index contributed by atoms with van der Waals surface area (Å²) in [6.45, 7) is 2.53. The van der Waals surface area contributed by atoms with Gasteiger partial charge >= 0.3 is 0 Å². The van der Waals surface area contributed by atoms with Crippen LogP contribution in [0.15, 0.2) is 53.4 Å². The summed E-state index contributed by atoms with van der Waals surface area (Å²) < 4.78 is 10.6. The maximum atomic E-state index is 12.6. The third-order valence-corrected chi connectivity index (χ3v) is 5.93. The third-order valence-electron chi connectivity index (χ3n) is 5.02. The molecule has 32 heavy (non-hydrogen) atoms. The van der Waals surface area contributed by atoms with Crippen molar-refractivity contribution in [3.05, 3.63) is 70.1 Å². The Balaban J connectivity index is 1.29.